The second kappa shape index (κ2) is 7.35. The summed E-state index contributed by atoms with van der Waals surface area (Å²) >= 11 is 0. The largest absolute Gasteiger partial charge is 0.364 e. The predicted molar refractivity (Wildman–Crippen MR) is 105 cm³/mol. The molecule has 3 N–H and O–H groups in total. The number of fused-ring (bicyclic) bond motifs is 1. The van der Waals surface area contributed by atoms with E-state index in [-0.39, 0.29) is 17.6 Å². The highest BCUT2D eigenvalue weighted by Gasteiger charge is 2.16. The van der Waals surface area contributed by atoms with Crippen LogP contribution >= 0.6 is 0 Å². The summed E-state index contributed by atoms with van der Waals surface area (Å²) in [6.07, 6.45) is 4.85. The number of pyridine rings is 1. The van der Waals surface area contributed by atoms with Gasteiger partial charge in [0.15, 0.2) is 11.5 Å². The minimum absolute atomic E-state index is 0.0711. The Morgan fingerprint density at radius 1 is 1.07 bits per heavy atom. The molecule has 0 saturated carbocycles. The van der Waals surface area contributed by atoms with Crippen molar-refractivity contribution in [2.24, 2.45) is 5.73 Å². The number of benzene rings is 1. The topological polar surface area (TPSA) is 138 Å². The SMILES string of the molecule is NC(=O)c1nn(CC(=O)Nc2ccc(-n3cccn3)nc2)c(=O)c2ccccc12. The molecule has 0 spiro atoms. The molecular weight excluding hydrogens is 374 g/mol. The lowest BCUT2D eigenvalue weighted by molar-refractivity contribution is -0.117. The highest BCUT2D eigenvalue weighted by molar-refractivity contribution is 6.04. The number of primary amides is 1. The Morgan fingerprint density at radius 2 is 1.86 bits per heavy atom. The van der Waals surface area contributed by atoms with Crippen molar-refractivity contribution in [2.45, 2.75) is 6.54 Å². The van der Waals surface area contributed by atoms with E-state index in [0.29, 0.717) is 16.9 Å². The number of nitrogens with two attached hydrogens (primary N) is 1. The number of hydrogen-bond donors (Lipinski definition) is 2. The van der Waals surface area contributed by atoms with Gasteiger partial charge in [-0.1, -0.05) is 18.2 Å². The Morgan fingerprint density at radius 3 is 2.52 bits per heavy atom. The fraction of sp³-hybridized carbons (Fsp3) is 0.0526. The van der Waals surface area contributed by atoms with Crippen molar-refractivity contribution in [1.29, 1.82) is 0 Å². The minimum atomic E-state index is -0.784. The highest BCUT2D eigenvalue weighted by Crippen LogP contribution is 2.13. The van der Waals surface area contributed by atoms with Crippen LogP contribution in [0.25, 0.3) is 16.6 Å². The molecule has 10 heteroatoms. The van der Waals surface area contributed by atoms with Gasteiger partial charge in [0, 0.05) is 17.8 Å². The van der Waals surface area contributed by atoms with E-state index >= 15 is 0 Å². The smallest absolute Gasteiger partial charge is 0.275 e. The monoisotopic (exact) mass is 389 g/mol. The van der Waals surface area contributed by atoms with E-state index in [1.807, 2.05) is 0 Å². The minimum Gasteiger partial charge on any atom is -0.364 e. The van der Waals surface area contributed by atoms with E-state index in [1.54, 1.807) is 59.5 Å². The van der Waals surface area contributed by atoms with Gasteiger partial charge in [-0.2, -0.15) is 10.2 Å². The molecule has 4 rings (SSSR count). The first-order valence-corrected chi connectivity index (χ1v) is 8.58. The molecule has 0 aliphatic carbocycles. The first-order chi connectivity index (χ1) is 14.0. The zero-order chi connectivity index (χ0) is 20.4. The van der Waals surface area contributed by atoms with Gasteiger partial charge in [-0.25, -0.2) is 14.3 Å². The predicted octanol–water partition coefficient (Wildman–Crippen LogP) is 0.715. The van der Waals surface area contributed by atoms with Crippen LogP contribution in [0.3, 0.4) is 0 Å². The van der Waals surface area contributed by atoms with Crippen molar-refractivity contribution in [3.05, 3.63) is 77.1 Å². The molecule has 0 unspecified atom stereocenters. The normalized spacial score (nSPS) is 10.8. The molecule has 3 aromatic heterocycles. The van der Waals surface area contributed by atoms with Crippen LogP contribution in [0.15, 0.2) is 65.8 Å². The third-order valence-electron chi connectivity index (χ3n) is 4.17. The fourth-order valence-corrected chi connectivity index (χ4v) is 2.86. The molecule has 0 radical (unpaired) electrons. The number of nitrogens with zero attached hydrogens (tertiary/aromatic N) is 5. The standard InChI is InChI=1S/C19H15N7O3/c20-18(28)17-13-4-1-2-5-14(13)19(29)26(24-17)11-16(27)23-12-6-7-15(21-10-12)25-9-3-8-22-25/h1-10H,11H2,(H2,20,28)(H,23,27). The molecule has 144 valence electrons. The van der Waals surface area contributed by atoms with Crippen LogP contribution in [0.5, 0.6) is 0 Å². The van der Waals surface area contributed by atoms with Crippen molar-refractivity contribution in [3.8, 4) is 5.82 Å². The third kappa shape index (κ3) is 3.58. The van der Waals surface area contributed by atoms with Gasteiger partial charge in [0.2, 0.25) is 5.91 Å². The number of anilines is 1. The number of carbonyl (C=O) groups is 2. The molecule has 0 bridgehead atoms. The summed E-state index contributed by atoms with van der Waals surface area (Å²) in [5.41, 5.74) is 5.25. The zero-order valence-corrected chi connectivity index (χ0v) is 15.0. The van der Waals surface area contributed by atoms with Gasteiger partial charge in [-0.05, 0) is 24.3 Å². The first kappa shape index (κ1) is 18.0. The van der Waals surface area contributed by atoms with E-state index < -0.39 is 17.4 Å². The van der Waals surface area contributed by atoms with Crippen LogP contribution in [-0.4, -0.2) is 36.4 Å². The van der Waals surface area contributed by atoms with E-state index in [4.69, 9.17) is 5.73 Å². The number of hydrogen-bond acceptors (Lipinski definition) is 6. The van der Waals surface area contributed by atoms with Crippen molar-refractivity contribution >= 4 is 28.3 Å². The van der Waals surface area contributed by atoms with E-state index in [0.717, 1.165) is 4.68 Å². The summed E-state index contributed by atoms with van der Waals surface area (Å²) in [7, 11) is 0. The van der Waals surface area contributed by atoms with Crippen LogP contribution < -0.4 is 16.6 Å². The number of nitrogens with one attached hydrogen (secondary N) is 1. The molecule has 4 aromatic rings. The second-order valence-electron chi connectivity index (χ2n) is 6.13. The average Bonchev–Trinajstić information content (AvgIpc) is 3.25. The first-order valence-electron chi connectivity index (χ1n) is 8.58. The molecule has 0 aliphatic heterocycles. The molecule has 0 saturated heterocycles. The van der Waals surface area contributed by atoms with Gasteiger partial charge in [-0.15, -0.1) is 0 Å². The lowest BCUT2D eigenvalue weighted by Crippen LogP contribution is -2.32. The van der Waals surface area contributed by atoms with Crippen LogP contribution in [-0.2, 0) is 11.3 Å². The van der Waals surface area contributed by atoms with Gasteiger partial charge in [0.1, 0.15) is 6.54 Å². The number of rotatable bonds is 5. The maximum atomic E-state index is 12.6. The van der Waals surface area contributed by atoms with Crippen LogP contribution in [0.1, 0.15) is 10.5 Å². The van der Waals surface area contributed by atoms with Crippen molar-refractivity contribution < 1.29 is 9.59 Å². The zero-order valence-electron chi connectivity index (χ0n) is 15.0. The van der Waals surface area contributed by atoms with Crippen LogP contribution in [0.2, 0.25) is 0 Å². The maximum absolute atomic E-state index is 12.6. The fourth-order valence-electron chi connectivity index (χ4n) is 2.86. The Hall–Kier alpha value is -4.34. The van der Waals surface area contributed by atoms with Gasteiger partial charge in [0.25, 0.3) is 11.5 Å². The summed E-state index contributed by atoms with van der Waals surface area (Å²) in [5, 5.41) is 11.3. The molecule has 3 heterocycles. The summed E-state index contributed by atoms with van der Waals surface area (Å²) in [6, 6.07) is 11.6. The van der Waals surface area contributed by atoms with Gasteiger partial charge in [-0.3, -0.25) is 14.4 Å². The van der Waals surface area contributed by atoms with Gasteiger partial charge < -0.3 is 11.1 Å². The molecule has 0 fully saturated rings. The van der Waals surface area contributed by atoms with E-state index in [2.05, 4.69) is 20.5 Å². The quantitative estimate of drug-likeness (QED) is 0.516. The number of aromatic nitrogens is 5. The Labute approximate surface area is 163 Å². The summed E-state index contributed by atoms with van der Waals surface area (Å²) < 4.78 is 2.50. The number of amides is 2. The maximum Gasteiger partial charge on any atom is 0.275 e. The average molecular weight is 389 g/mol. The van der Waals surface area contributed by atoms with Gasteiger partial charge >= 0.3 is 0 Å². The molecule has 2 amide bonds. The Kier molecular flexibility index (Phi) is 4.57. The van der Waals surface area contributed by atoms with E-state index in [9.17, 15) is 14.4 Å². The number of carbonyl (C=O) groups excluding carboxylic acids is 2. The highest BCUT2D eigenvalue weighted by atomic mass is 16.2. The molecular formula is C19H15N7O3. The molecule has 10 nitrogen and oxygen atoms in total. The van der Waals surface area contributed by atoms with Crippen molar-refractivity contribution in [3.63, 3.8) is 0 Å². The van der Waals surface area contributed by atoms with Crippen molar-refractivity contribution in [1.82, 2.24) is 24.5 Å². The molecule has 1 aromatic carbocycles. The van der Waals surface area contributed by atoms with Gasteiger partial charge in [0.05, 0.1) is 17.3 Å². The summed E-state index contributed by atoms with van der Waals surface area (Å²) in [5.74, 6) is -0.695. The van der Waals surface area contributed by atoms with Crippen LogP contribution in [0, 0.1) is 0 Å². The lowest BCUT2D eigenvalue weighted by Gasteiger charge is -2.10. The molecule has 0 atom stereocenters. The molecule has 0 aliphatic rings. The molecule has 29 heavy (non-hydrogen) atoms. The summed E-state index contributed by atoms with van der Waals surface area (Å²) in [4.78, 5) is 40.9. The van der Waals surface area contributed by atoms with Crippen LogP contribution in [0.4, 0.5) is 5.69 Å². The van der Waals surface area contributed by atoms with E-state index in [1.165, 1.54) is 6.20 Å². The summed E-state index contributed by atoms with van der Waals surface area (Å²) in [6.45, 7) is -0.384. The Balaban J connectivity index is 1.57. The Bertz CT molecular complexity index is 1260. The second-order valence-corrected chi connectivity index (χ2v) is 6.13. The lowest BCUT2D eigenvalue weighted by atomic mass is 10.1. The van der Waals surface area contributed by atoms with Crippen molar-refractivity contribution in [2.75, 3.05) is 5.32 Å². The third-order valence-corrected chi connectivity index (χ3v) is 4.17.